The normalized spacial score (nSPS) is 21.5. The van der Waals surface area contributed by atoms with Gasteiger partial charge in [0.1, 0.15) is 0 Å². The number of ether oxygens (including phenoxy) is 1. The van der Waals surface area contributed by atoms with Crippen molar-refractivity contribution in [1.29, 1.82) is 0 Å². The van der Waals surface area contributed by atoms with Crippen LogP contribution in [0.1, 0.15) is 19.8 Å². The van der Waals surface area contributed by atoms with Gasteiger partial charge < -0.3 is 4.74 Å². The molecule has 0 spiro atoms. The van der Waals surface area contributed by atoms with Gasteiger partial charge in [0.25, 0.3) is 0 Å². The van der Waals surface area contributed by atoms with Gasteiger partial charge in [-0.3, -0.25) is 9.59 Å². The molecule has 1 unspecified atom stereocenters. The summed E-state index contributed by atoms with van der Waals surface area (Å²) in [6, 6.07) is 0. The Morgan fingerprint density at radius 3 is 2.64 bits per heavy atom. The molecule has 0 bridgehead atoms. The summed E-state index contributed by atoms with van der Waals surface area (Å²) in [4.78, 5) is 22.6. The Balaban J connectivity index is 2.56. The van der Waals surface area contributed by atoms with Crippen molar-refractivity contribution in [3.8, 4) is 0 Å². The predicted molar refractivity (Wildman–Crippen MR) is 52.6 cm³/mol. The Bertz CT molecular complexity index is 302. The molecule has 1 rings (SSSR count). The van der Waals surface area contributed by atoms with Crippen LogP contribution >= 0.6 is 0 Å². The van der Waals surface area contributed by atoms with E-state index in [0.717, 1.165) is 5.57 Å². The van der Waals surface area contributed by atoms with Crippen LogP contribution in [0, 0.1) is 5.92 Å². The highest BCUT2D eigenvalue weighted by molar-refractivity contribution is 6.05. The first-order chi connectivity index (χ1) is 6.56. The Labute approximate surface area is 83.4 Å². The molecular formula is C11H14O3. The molecule has 1 aliphatic rings. The summed E-state index contributed by atoms with van der Waals surface area (Å²) < 4.78 is 4.77. The molecule has 0 heterocycles. The van der Waals surface area contributed by atoms with Gasteiger partial charge in [-0.05, 0) is 18.9 Å². The van der Waals surface area contributed by atoms with Crippen molar-refractivity contribution < 1.29 is 14.3 Å². The standard InChI is InChI=1S/C11H14O3/c1-4-14-10(12)6-9-5-7(2)8(3)11(9)13/h9H,2-6H2,1H3. The Hall–Kier alpha value is -1.38. The van der Waals surface area contributed by atoms with Gasteiger partial charge in [-0.25, -0.2) is 0 Å². The number of esters is 1. The van der Waals surface area contributed by atoms with Gasteiger partial charge in [-0.15, -0.1) is 0 Å². The molecule has 3 nitrogen and oxygen atoms in total. The molecule has 3 heteroatoms. The van der Waals surface area contributed by atoms with Crippen LogP contribution in [0.3, 0.4) is 0 Å². The van der Waals surface area contributed by atoms with Crippen LogP contribution < -0.4 is 0 Å². The molecule has 0 N–H and O–H groups in total. The fourth-order valence-corrected chi connectivity index (χ4v) is 1.52. The third kappa shape index (κ3) is 2.10. The average Bonchev–Trinajstić information content (AvgIpc) is 2.34. The lowest BCUT2D eigenvalue weighted by Crippen LogP contribution is -2.15. The summed E-state index contributed by atoms with van der Waals surface area (Å²) in [6.45, 7) is 9.43. The van der Waals surface area contributed by atoms with Crippen LogP contribution in [0.15, 0.2) is 24.3 Å². The van der Waals surface area contributed by atoms with Gasteiger partial charge in [-0.2, -0.15) is 0 Å². The lowest BCUT2D eigenvalue weighted by molar-refractivity contribution is -0.145. The fourth-order valence-electron chi connectivity index (χ4n) is 1.52. The van der Waals surface area contributed by atoms with Gasteiger partial charge >= 0.3 is 5.97 Å². The first kappa shape index (κ1) is 10.7. The topological polar surface area (TPSA) is 43.4 Å². The van der Waals surface area contributed by atoms with Crippen LogP contribution in [0.2, 0.25) is 0 Å². The van der Waals surface area contributed by atoms with E-state index in [-0.39, 0.29) is 24.1 Å². The third-order valence-corrected chi connectivity index (χ3v) is 2.31. The van der Waals surface area contributed by atoms with Crippen molar-refractivity contribution in [3.63, 3.8) is 0 Å². The lowest BCUT2D eigenvalue weighted by Gasteiger charge is -2.05. The van der Waals surface area contributed by atoms with Crippen molar-refractivity contribution in [3.05, 3.63) is 24.3 Å². The van der Waals surface area contributed by atoms with Crippen molar-refractivity contribution in [2.24, 2.45) is 5.92 Å². The first-order valence-corrected chi connectivity index (χ1v) is 4.63. The highest BCUT2D eigenvalue weighted by Crippen LogP contribution is 2.31. The van der Waals surface area contributed by atoms with Crippen molar-refractivity contribution in [2.45, 2.75) is 19.8 Å². The third-order valence-electron chi connectivity index (χ3n) is 2.31. The summed E-state index contributed by atoms with van der Waals surface area (Å²) in [5.41, 5.74) is 1.20. The summed E-state index contributed by atoms with van der Waals surface area (Å²) in [5.74, 6) is -0.689. The molecule has 1 atom stereocenters. The Morgan fingerprint density at radius 2 is 2.21 bits per heavy atom. The van der Waals surface area contributed by atoms with E-state index in [1.807, 2.05) is 0 Å². The Kier molecular flexibility index (Phi) is 3.23. The maximum Gasteiger partial charge on any atom is 0.306 e. The van der Waals surface area contributed by atoms with Crippen LogP contribution in [0.25, 0.3) is 0 Å². The molecule has 0 radical (unpaired) electrons. The van der Waals surface area contributed by atoms with E-state index >= 15 is 0 Å². The summed E-state index contributed by atoms with van der Waals surface area (Å²) in [7, 11) is 0. The van der Waals surface area contributed by atoms with Crippen LogP contribution in [0.5, 0.6) is 0 Å². The van der Waals surface area contributed by atoms with Gasteiger partial charge in [0.05, 0.1) is 13.0 Å². The van der Waals surface area contributed by atoms with Crippen LogP contribution in [-0.4, -0.2) is 18.4 Å². The number of allylic oxidation sites excluding steroid dienone is 2. The van der Waals surface area contributed by atoms with Crippen LogP contribution in [-0.2, 0) is 14.3 Å². The molecular weight excluding hydrogens is 180 g/mol. The summed E-state index contributed by atoms with van der Waals surface area (Å²) in [6.07, 6.45) is 0.682. The minimum atomic E-state index is -0.326. The highest BCUT2D eigenvalue weighted by atomic mass is 16.5. The van der Waals surface area contributed by atoms with E-state index in [4.69, 9.17) is 4.74 Å². The quantitative estimate of drug-likeness (QED) is 0.506. The second-order valence-corrected chi connectivity index (χ2v) is 3.36. The summed E-state index contributed by atoms with van der Waals surface area (Å²) >= 11 is 0. The number of carbonyl (C=O) groups is 2. The maximum atomic E-state index is 11.5. The monoisotopic (exact) mass is 194 g/mol. The van der Waals surface area contributed by atoms with Gasteiger partial charge in [-0.1, -0.05) is 13.2 Å². The van der Waals surface area contributed by atoms with Crippen molar-refractivity contribution in [1.82, 2.24) is 0 Å². The van der Waals surface area contributed by atoms with Crippen molar-refractivity contribution >= 4 is 11.8 Å². The lowest BCUT2D eigenvalue weighted by atomic mass is 10.0. The molecule has 76 valence electrons. The zero-order chi connectivity index (χ0) is 10.7. The van der Waals surface area contributed by atoms with Crippen LogP contribution in [0.4, 0.5) is 0 Å². The minimum absolute atomic E-state index is 0.0666. The number of hydrogen-bond donors (Lipinski definition) is 0. The molecule has 0 aromatic heterocycles. The molecule has 0 amide bonds. The summed E-state index contributed by atoms with van der Waals surface area (Å²) in [5, 5.41) is 0. The fraction of sp³-hybridized carbons (Fsp3) is 0.455. The number of hydrogen-bond acceptors (Lipinski definition) is 3. The number of carbonyl (C=O) groups excluding carboxylic acids is 2. The molecule has 1 fully saturated rings. The minimum Gasteiger partial charge on any atom is -0.466 e. The molecule has 0 aliphatic heterocycles. The van der Waals surface area contributed by atoms with E-state index in [1.54, 1.807) is 6.92 Å². The molecule has 14 heavy (non-hydrogen) atoms. The van der Waals surface area contributed by atoms with Gasteiger partial charge in [0, 0.05) is 11.5 Å². The van der Waals surface area contributed by atoms with E-state index in [2.05, 4.69) is 13.2 Å². The average molecular weight is 194 g/mol. The molecule has 0 aromatic rings. The number of ketones is 1. The molecule has 1 saturated carbocycles. The zero-order valence-electron chi connectivity index (χ0n) is 8.34. The zero-order valence-corrected chi connectivity index (χ0v) is 8.34. The Morgan fingerprint density at radius 1 is 1.57 bits per heavy atom. The van der Waals surface area contributed by atoms with E-state index in [0.29, 0.717) is 18.6 Å². The second-order valence-electron chi connectivity index (χ2n) is 3.36. The second kappa shape index (κ2) is 4.22. The van der Waals surface area contributed by atoms with E-state index in [1.165, 1.54) is 0 Å². The SMILES string of the molecule is C=C1CC(CC(=O)OCC)C(=O)C1=C. The highest BCUT2D eigenvalue weighted by Gasteiger charge is 2.32. The maximum absolute atomic E-state index is 11.5. The smallest absolute Gasteiger partial charge is 0.306 e. The molecule has 0 aromatic carbocycles. The number of rotatable bonds is 3. The molecule has 0 saturated heterocycles. The first-order valence-electron chi connectivity index (χ1n) is 4.63. The van der Waals surface area contributed by atoms with E-state index < -0.39 is 0 Å². The van der Waals surface area contributed by atoms with Gasteiger partial charge in [0.15, 0.2) is 5.78 Å². The number of Topliss-reactive ketones (excluding diaryl/α,β-unsaturated/α-hetero) is 1. The predicted octanol–water partition coefficient (Wildman–Crippen LogP) is 1.64. The van der Waals surface area contributed by atoms with E-state index in [9.17, 15) is 9.59 Å². The van der Waals surface area contributed by atoms with Crippen molar-refractivity contribution in [2.75, 3.05) is 6.61 Å². The van der Waals surface area contributed by atoms with Gasteiger partial charge in [0.2, 0.25) is 0 Å². The molecule has 1 aliphatic carbocycles. The largest absolute Gasteiger partial charge is 0.466 e.